The van der Waals surface area contributed by atoms with Gasteiger partial charge in [0.2, 0.25) is 5.13 Å². The third-order valence-electron chi connectivity index (χ3n) is 2.40. The Kier molecular flexibility index (Phi) is 3.83. The summed E-state index contributed by atoms with van der Waals surface area (Å²) in [5, 5.41) is 17.8. The van der Waals surface area contributed by atoms with Gasteiger partial charge in [-0.05, 0) is 31.5 Å². The van der Waals surface area contributed by atoms with Crippen LogP contribution in [0.25, 0.3) is 0 Å². The predicted octanol–water partition coefficient (Wildman–Crippen LogP) is 1.70. The molecule has 1 atom stereocenters. The lowest BCUT2D eigenvalue weighted by molar-refractivity contribution is 0.199. The Hall–Kier alpha value is -1.51. The molecule has 0 saturated heterocycles. The molecule has 0 fully saturated rings. The zero-order valence-corrected chi connectivity index (χ0v) is 12.0. The number of hydrogen-bond donors (Lipinski definition) is 2. The van der Waals surface area contributed by atoms with Crippen LogP contribution >= 0.6 is 11.3 Å². The number of hydrogen-bond acceptors (Lipinski definition) is 6. The largest absolute Gasteiger partial charge is 0.389 e. The minimum absolute atomic E-state index is 0.0822. The summed E-state index contributed by atoms with van der Waals surface area (Å²) < 4.78 is 26.6. The summed E-state index contributed by atoms with van der Waals surface area (Å²) in [4.78, 5) is 0.0822. The number of aryl methyl sites for hydroxylation is 1. The fourth-order valence-corrected chi connectivity index (χ4v) is 3.33. The molecule has 2 N–H and O–H groups in total. The minimum Gasteiger partial charge on any atom is -0.389 e. The third-order valence-corrected chi connectivity index (χ3v) is 4.62. The van der Waals surface area contributed by atoms with E-state index in [1.54, 1.807) is 26.0 Å². The van der Waals surface area contributed by atoms with Gasteiger partial charge in [-0.15, -0.1) is 10.2 Å². The standard InChI is InChI=1S/C11H13N3O3S2/c1-7(15)9-4-3-5-10(6-9)19(16,17)14-11-13-12-8(2)18-11/h3-7,15H,1-2H3,(H,13,14). The second kappa shape index (κ2) is 5.24. The van der Waals surface area contributed by atoms with Crippen LogP contribution in [0, 0.1) is 6.92 Å². The van der Waals surface area contributed by atoms with Crippen LogP contribution in [0.1, 0.15) is 23.6 Å². The molecule has 0 bridgehead atoms. The van der Waals surface area contributed by atoms with Crippen LogP contribution in [0.2, 0.25) is 0 Å². The molecule has 2 aromatic rings. The van der Waals surface area contributed by atoms with Crippen molar-refractivity contribution in [3.63, 3.8) is 0 Å². The highest BCUT2D eigenvalue weighted by molar-refractivity contribution is 7.93. The molecule has 1 aromatic heterocycles. The Labute approximate surface area is 115 Å². The van der Waals surface area contributed by atoms with Crippen LogP contribution < -0.4 is 4.72 Å². The Balaban J connectivity index is 2.31. The molecule has 1 aromatic carbocycles. The molecule has 0 saturated carbocycles. The molecule has 0 amide bonds. The highest BCUT2D eigenvalue weighted by Gasteiger charge is 2.17. The number of benzene rings is 1. The molecule has 8 heteroatoms. The van der Waals surface area contributed by atoms with Crippen LogP contribution in [-0.2, 0) is 10.0 Å². The molecule has 1 heterocycles. The summed E-state index contributed by atoms with van der Waals surface area (Å²) in [6.07, 6.45) is -0.723. The Morgan fingerprint density at radius 3 is 2.68 bits per heavy atom. The molecule has 0 aliphatic carbocycles. The van der Waals surface area contributed by atoms with E-state index in [0.717, 1.165) is 11.3 Å². The maximum atomic E-state index is 12.1. The van der Waals surface area contributed by atoms with E-state index in [9.17, 15) is 13.5 Å². The molecule has 6 nitrogen and oxygen atoms in total. The van der Waals surface area contributed by atoms with E-state index < -0.39 is 16.1 Å². The summed E-state index contributed by atoms with van der Waals surface area (Å²) in [6.45, 7) is 3.32. The molecule has 102 valence electrons. The highest BCUT2D eigenvalue weighted by Crippen LogP contribution is 2.21. The van der Waals surface area contributed by atoms with E-state index in [0.29, 0.717) is 10.6 Å². The number of aliphatic hydroxyl groups excluding tert-OH is 1. The summed E-state index contributed by atoms with van der Waals surface area (Å²) in [7, 11) is -3.71. The zero-order chi connectivity index (χ0) is 14.0. The predicted molar refractivity (Wildman–Crippen MR) is 72.5 cm³/mol. The van der Waals surface area contributed by atoms with Crippen molar-refractivity contribution in [3.8, 4) is 0 Å². The van der Waals surface area contributed by atoms with Crippen molar-refractivity contribution in [2.24, 2.45) is 0 Å². The Morgan fingerprint density at radius 2 is 2.11 bits per heavy atom. The lowest BCUT2D eigenvalue weighted by atomic mass is 10.1. The van der Waals surface area contributed by atoms with Crippen molar-refractivity contribution in [2.45, 2.75) is 24.8 Å². The van der Waals surface area contributed by atoms with Gasteiger partial charge < -0.3 is 5.11 Å². The molecular formula is C11H13N3O3S2. The van der Waals surface area contributed by atoms with Gasteiger partial charge in [0, 0.05) is 0 Å². The van der Waals surface area contributed by atoms with Gasteiger partial charge in [0.25, 0.3) is 10.0 Å². The highest BCUT2D eigenvalue weighted by atomic mass is 32.2. The van der Waals surface area contributed by atoms with E-state index in [1.165, 1.54) is 12.1 Å². The molecule has 0 radical (unpaired) electrons. The number of nitrogens with zero attached hydrogens (tertiary/aromatic N) is 2. The van der Waals surface area contributed by atoms with Gasteiger partial charge in [-0.1, -0.05) is 23.5 Å². The maximum absolute atomic E-state index is 12.1. The van der Waals surface area contributed by atoms with E-state index in [-0.39, 0.29) is 10.0 Å². The summed E-state index contributed by atoms with van der Waals surface area (Å²) in [5.74, 6) is 0. The van der Waals surface area contributed by atoms with E-state index in [1.807, 2.05) is 0 Å². The number of nitrogens with one attached hydrogen (secondary N) is 1. The number of aliphatic hydroxyl groups is 1. The van der Waals surface area contributed by atoms with Gasteiger partial charge in [0.1, 0.15) is 5.01 Å². The fraction of sp³-hybridized carbons (Fsp3) is 0.273. The van der Waals surface area contributed by atoms with Crippen molar-refractivity contribution < 1.29 is 13.5 Å². The number of anilines is 1. The second-order valence-corrected chi connectivity index (χ2v) is 6.84. The quantitative estimate of drug-likeness (QED) is 0.896. The topological polar surface area (TPSA) is 92.2 Å². The monoisotopic (exact) mass is 299 g/mol. The van der Waals surface area contributed by atoms with Gasteiger partial charge in [-0.3, -0.25) is 4.72 Å². The molecule has 2 rings (SSSR count). The first-order chi connectivity index (χ1) is 8.88. The first-order valence-electron chi connectivity index (χ1n) is 5.49. The molecular weight excluding hydrogens is 286 g/mol. The van der Waals surface area contributed by atoms with Gasteiger partial charge >= 0.3 is 0 Å². The number of sulfonamides is 1. The normalized spacial score (nSPS) is 13.2. The smallest absolute Gasteiger partial charge is 0.263 e. The maximum Gasteiger partial charge on any atom is 0.263 e. The minimum atomic E-state index is -3.71. The van der Waals surface area contributed by atoms with Gasteiger partial charge in [0.05, 0.1) is 11.0 Å². The number of aromatic nitrogens is 2. The average Bonchev–Trinajstić information content (AvgIpc) is 2.74. The molecule has 0 spiro atoms. The van der Waals surface area contributed by atoms with Crippen molar-refractivity contribution >= 4 is 26.5 Å². The number of rotatable bonds is 4. The van der Waals surface area contributed by atoms with Gasteiger partial charge in [-0.2, -0.15) is 0 Å². The van der Waals surface area contributed by atoms with E-state index in [4.69, 9.17) is 0 Å². The van der Waals surface area contributed by atoms with Crippen LogP contribution in [0.3, 0.4) is 0 Å². The summed E-state index contributed by atoms with van der Waals surface area (Å²) in [6, 6.07) is 6.14. The van der Waals surface area contributed by atoms with Crippen molar-refractivity contribution in [3.05, 3.63) is 34.8 Å². The Morgan fingerprint density at radius 1 is 1.37 bits per heavy atom. The van der Waals surface area contributed by atoms with Gasteiger partial charge in [-0.25, -0.2) is 8.42 Å². The van der Waals surface area contributed by atoms with Crippen molar-refractivity contribution in [2.75, 3.05) is 4.72 Å². The molecule has 19 heavy (non-hydrogen) atoms. The van der Waals surface area contributed by atoms with Crippen molar-refractivity contribution in [1.29, 1.82) is 0 Å². The summed E-state index contributed by atoms with van der Waals surface area (Å²) >= 11 is 1.16. The van der Waals surface area contributed by atoms with E-state index in [2.05, 4.69) is 14.9 Å². The average molecular weight is 299 g/mol. The van der Waals surface area contributed by atoms with Crippen LogP contribution in [0.4, 0.5) is 5.13 Å². The Bertz CT molecular complexity index is 680. The van der Waals surface area contributed by atoms with Gasteiger partial charge in [0.15, 0.2) is 0 Å². The zero-order valence-electron chi connectivity index (χ0n) is 10.4. The molecule has 0 aliphatic heterocycles. The lowest BCUT2D eigenvalue weighted by Crippen LogP contribution is -2.13. The van der Waals surface area contributed by atoms with Crippen LogP contribution in [0.15, 0.2) is 29.2 Å². The molecule has 1 unspecified atom stereocenters. The SMILES string of the molecule is Cc1nnc(NS(=O)(=O)c2cccc(C(C)O)c2)s1. The van der Waals surface area contributed by atoms with E-state index >= 15 is 0 Å². The third kappa shape index (κ3) is 3.28. The van der Waals surface area contributed by atoms with Crippen molar-refractivity contribution in [1.82, 2.24) is 10.2 Å². The second-order valence-electron chi connectivity index (χ2n) is 3.98. The first kappa shape index (κ1) is 13.9. The summed E-state index contributed by atoms with van der Waals surface area (Å²) in [5.41, 5.74) is 0.538. The van der Waals surface area contributed by atoms with Crippen LogP contribution in [-0.4, -0.2) is 23.7 Å². The molecule has 0 aliphatic rings. The lowest BCUT2D eigenvalue weighted by Gasteiger charge is -2.08. The first-order valence-corrected chi connectivity index (χ1v) is 7.79. The fourth-order valence-electron chi connectivity index (χ4n) is 1.45. The van der Waals surface area contributed by atoms with Crippen LogP contribution in [0.5, 0.6) is 0 Å².